The molecule has 4 heteroatoms. The van der Waals surface area contributed by atoms with E-state index in [1.165, 1.54) is 6.42 Å². The Kier molecular flexibility index (Phi) is 6.97. The Balaban J connectivity index is 2.36. The molecule has 0 aromatic rings. The van der Waals surface area contributed by atoms with E-state index in [1.54, 1.807) is 0 Å². The van der Waals surface area contributed by atoms with Crippen molar-refractivity contribution in [2.45, 2.75) is 57.5 Å². The highest BCUT2D eigenvalue weighted by Crippen LogP contribution is 2.20. The van der Waals surface area contributed by atoms with Crippen LogP contribution in [0, 0.1) is 0 Å². The van der Waals surface area contributed by atoms with Crippen molar-refractivity contribution >= 4 is 17.7 Å². The minimum Gasteiger partial charge on any atom is -0.338 e. The predicted molar refractivity (Wildman–Crippen MR) is 75.2 cm³/mol. The van der Waals surface area contributed by atoms with Crippen LogP contribution in [0.15, 0.2) is 0 Å². The Labute approximate surface area is 109 Å². The number of carbonyl (C=O) groups excluding carboxylic acids is 1. The van der Waals surface area contributed by atoms with Crippen LogP contribution in [0.5, 0.6) is 0 Å². The number of rotatable bonds is 6. The van der Waals surface area contributed by atoms with Gasteiger partial charge in [-0.25, -0.2) is 0 Å². The molecule has 1 amide bonds. The van der Waals surface area contributed by atoms with Gasteiger partial charge in [0, 0.05) is 25.0 Å². The van der Waals surface area contributed by atoms with Crippen LogP contribution in [-0.4, -0.2) is 41.4 Å². The fraction of sp³-hybridized carbons (Fsp3) is 0.923. The summed E-state index contributed by atoms with van der Waals surface area (Å²) in [6.07, 6.45) is 8.39. The number of piperidine rings is 1. The van der Waals surface area contributed by atoms with E-state index >= 15 is 0 Å². The number of hydrogen-bond donors (Lipinski definition) is 1. The van der Waals surface area contributed by atoms with Crippen LogP contribution < -0.4 is 5.73 Å². The topological polar surface area (TPSA) is 46.3 Å². The van der Waals surface area contributed by atoms with Gasteiger partial charge in [-0.1, -0.05) is 0 Å². The molecule has 0 bridgehead atoms. The number of likely N-dealkylation sites (tertiary alicyclic amines) is 1. The molecule has 0 aliphatic carbocycles. The molecule has 2 atom stereocenters. The average Bonchev–Trinajstić information content (AvgIpc) is 2.34. The molecule has 0 saturated carbocycles. The molecule has 17 heavy (non-hydrogen) atoms. The summed E-state index contributed by atoms with van der Waals surface area (Å²) in [5.41, 5.74) is 5.97. The van der Waals surface area contributed by atoms with E-state index in [-0.39, 0.29) is 12.1 Å². The zero-order chi connectivity index (χ0) is 12.7. The first-order valence-corrected chi connectivity index (χ1v) is 8.10. The summed E-state index contributed by atoms with van der Waals surface area (Å²) >= 11 is 1.85. The maximum Gasteiger partial charge on any atom is 0.222 e. The first kappa shape index (κ1) is 14.8. The fourth-order valence-electron chi connectivity index (χ4n) is 2.48. The quantitative estimate of drug-likeness (QED) is 0.743. The summed E-state index contributed by atoms with van der Waals surface area (Å²) in [6.45, 7) is 2.93. The van der Waals surface area contributed by atoms with E-state index in [9.17, 15) is 4.79 Å². The standard InChI is InChI=1S/C13H26N2OS/c1-11(14)12-7-3-5-9-15(12)13(16)8-4-6-10-17-2/h11-12H,3-10,14H2,1-2H3. The zero-order valence-corrected chi connectivity index (χ0v) is 12.0. The molecular formula is C13H26N2OS. The number of nitrogens with zero attached hydrogens (tertiary/aromatic N) is 1. The number of thioether (sulfide) groups is 1. The highest BCUT2D eigenvalue weighted by atomic mass is 32.2. The van der Waals surface area contributed by atoms with Gasteiger partial charge in [0.05, 0.1) is 0 Å². The Morgan fingerprint density at radius 3 is 2.88 bits per heavy atom. The number of amides is 1. The minimum atomic E-state index is 0.102. The first-order valence-electron chi connectivity index (χ1n) is 6.70. The summed E-state index contributed by atoms with van der Waals surface area (Å²) in [7, 11) is 0. The highest BCUT2D eigenvalue weighted by Gasteiger charge is 2.28. The lowest BCUT2D eigenvalue weighted by molar-refractivity contribution is -0.135. The molecule has 2 N–H and O–H groups in total. The monoisotopic (exact) mass is 258 g/mol. The van der Waals surface area contributed by atoms with Crippen LogP contribution >= 0.6 is 11.8 Å². The smallest absolute Gasteiger partial charge is 0.222 e. The van der Waals surface area contributed by atoms with Crippen LogP contribution in [0.4, 0.5) is 0 Å². The largest absolute Gasteiger partial charge is 0.338 e. The Bertz CT molecular complexity index is 233. The van der Waals surface area contributed by atoms with Crippen molar-refractivity contribution in [3.63, 3.8) is 0 Å². The maximum absolute atomic E-state index is 12.1. The summed E-state index contributed by atoms with van der Waals surface area (Å²) in [4.78, 5) is 14.2. The summed E-state index contributed by atoms with van der Waals surface area (Å²) < 4.78 is 0. The molecular weight excluding hydrogens is 232 g/mol. The van der Waals surface area contributed by atoms with E-state index in [0.717, 1.165) is 38.0 Å². The molecule has 2 unspecified atom stereocenters. The molecule has 3 nitrogen and oxygen atoms in total. The summed E-state index contributed by atoms with van der Waals surface area (Å²) in [5, 5.41) is 0. The lowest BCUT2D eigenvalue weighted by Crippen LogP contribution is -2.51. The Hall–Kier alpha value is -0.220. The van der Waals surface area contributed by atoms with Crippen molar-refractivity contribution in [1.29, 1.82) is 0 Å². The predicted octanol–water partition coefficient (Wildman–Crippen LogP) is 2.25. The van der Waals surface area contributed by atoms with Crippen LogP contribution in [0.1, 0.15) is 45.4 Å². The second-order valence-corrected chi connectivity index (χ2v) is 5.94. The highest BCUT2D eigenvalue weighted by molar-refractivity contribution is 7.98. The third kappa shape index (κ3) is 4.88. The van der Waals surface area contributed by atoms with Crippen molar-refractivity contribution in [3.8, 4) is 0 Å². The van der Waals surface area contributed by atoms with Crippen molar-refractivity contribution in [2.24, 2.45) is 5.73 Å². The number of carbonyl (C=O) groups is 1. The average molecular weight is 258 g/mol. The van der Waals surface area contributed by atoms with Gasteiger partial charge in [-0.15, -0.1) is 0 Å². The van der Waals surface area contributed by atoms with Gasteiger partial charge in [-0.3, -0.25) is 4.79 Å². The van der Waals surface area contributed by atoms with Crippen LogP contribution in [0.3, 0.4) is 0 Å². The van der Waals surface area contributed by atoms with Gasteiger partial charge in [0.15, 0.2) is 0 Å². The first-order chi connectivity index (χ1) is 8.16. The molecule has 0 aromatic heterocycles. The molecule has 0 spiro atoms. The normalized spacial score (nSPS) is 22.5. The van der Waals surface area contributed by atoms with Crippen molar-refractivity contribution < 1.29 is 4.79 Å². The Morgan fingerprint density at radius 1 is 1.47 bits per heavy atom. The van der Waals surface area contributed by atoms with E-state index in [2.05, 4.69) is 6.26 Å². The van der Waals surface area contributed by atoms with Gasteiger partial charge in [0.2, 0.25) is 5.91 Å². The number of unbranched alkanes of at least 4 members (excludes halogenated alkanes) is 1. The van der Waals surface area contributed by atoms with Gasteiger partial charge < -0.3 is 10.6 Å². The lowest BCUT2D eigenvalue weighted by atomic mass is 9.96. The summed E-state index contributed by atoms with van der Waals surface area (Å²) in [6, 6.07) is 0.377. The van der Waals surface area contributed by atoms with Crippen LogP contribution in [0.25, 0.3) is 0 Å². The van der Waals surface area contributed by atoms with E-state index in [0.29, 0.717) is 12.3 Å². The second-order valence-electron chi connectivity index (χ2n) is 4.96. The van der Waals surface area contributed by atoms with E-state index in [1.807, 2.05) is 23.6 Å². The second kappa shape index (κ2) is 7.98. The summed E-state index contributed by atoms with van der Waals surface area (Å²) in [5.74, 6) is 1.47. The fourth-order valence-corrected chi connectivity index (χ4v) is 2.97. The molecule has 100 valence electrons. The molecule has 0 aromatic carbocycles. The van der Waals surface area contributed by atoms with Crippen molar-refractivity contribution in [2.75, 3.05) is 18.6 Å². The van der Waals surface area contributed by atoms with Crippen LogP contribution in [-0.2, 0) is 4.79 Å². The SMILES string of the molecule is CSCCCCC(=O)N1CCCCC1C(C)N. The van der Waals surface area contributed by atoms with Gasteiger partial charge in [0.25, 0.3) is 0 Å². The molecule has 1 aliphatic rings. The van der Waals surface area contributed by atoms with Crippen LogP contribution in [0.2, 0.25) is 0 Å². The van der Waals surface area contributed by atoms with E-state index in [4.69, 9.17) is 5.73 Å². The third-order valence-corrected chi connectivity index (χ3v) is 4.16. The lowest BCUT2D eigenvalue weighted by Gasteiger charge is -2.38. The molecule has 1 aliphatic heterocycles. The number of nitrogens with two attached hydrogens (primary N) is 1. The zero-order valence-electron chi connectivity index (χ0n) is 11.2. The van der Waals surface area contributed by atoms with Gasteiger partial charge in [-0.2, -0.15) is 11.8 Å². The molecule has 1 fully saturated rings. The molecule has 0 radical (unpaired) electrons. The molecule has 1 saturated heterocycles. The molecule has 1 heterocycles. The molecule has 1 rings (SSSR count). The number of hydrogen-bond acceptors (Lipinski definition) is 3. The third-order valence-electron chi connectivity index (χ3n) is 3.47. The van der Waals surface area contributed by atoms with Gasteiger partial charge >= 0.3 is 0 Å². The van der Waals surface area contributed by atoms with Gasteiger partial charge in [0.1, 0.15) is 0 Å². The van der Waals surface area contributed by atoms with E-state index < -0.39 is 0 Å². The minimum absolute atomic E-state index is 0.102. The Morgan fingerprint density at radius 2 is 2.24 bits per heavy atom. The van der Waals surface area contributed by atoms with Crippen molar-refractivity contribution in [3.05, 3.63) is 0 Å². The van der Waals surface area contributed by atoms with Crippen molar-refractivity contribution in [1.82, 2.24) is 4.90 Å². The maximum atomic E-state index is 12.1. The van der Waals surface area contributed by atoms with Gasteiger partial charge in [-0.05, 0) is 51.0 Å².